The minimum Gasteiger partial charge on any atom is -0.376 e. The van der Waals surface area contributed by atoms with Crippen LogP contribution in [0.2, 0.25) is 0 Å². The highest BCUT2D eigenvalue weighted by Crippen LogP contribution is 2.43. The van der Waals surface area contributed by atoms with Crippen LogP contribution in [0.5, 0.6) is 0 Å². The summed E-state index contributed by atoms with van der Waals surface area (Å²) in [5.74, 6) is 1.49. The molecule has 2 saturated heterocycles. The summed E-state index contributed by atoms with van der Waals surface area (Å²) in [5, 5.41) is 11.5. The molecule has 0 amide bonds. The highest BCUT2D eigenvalue weighted by atomic mass is 16.5. The molecule has 0 unspecified atom stereocenters. The zero-order valence-corrected chi connectivity index (χ0v) is 21.3. The number of nitrogens with zero attached hydrogens (tertiary/aromatic N) is 7. The minimum atomic E-state index is -0.607. The van der Waals surface area contributed by atoms with Crippen LogP contribution in [0.1, 0.15) is 44.7 Å². The fourth-order valence-electron chi connectivity index (χ4n) is 6.11. The first-order valence-corrected chi connectivity index (χ1v) is 13.1. The predicted octanol–water partition coefficient (Wildman–Crippen LogP) is 2.07. The van der Waals surface area contributed by atoms with Gasteiger partial charge in [-0.25, -0.2) is 19.7 Å². The standard InChI is InChI=1S/C25H30N10O3/c1-13-5-8-35(16-4-3-15(28-18(13)16)21-30-24(36)38-33-21)23-19-22(31-32-23)29-17(11-27-19)34-9-6-25(7-10-34)12-37-14(2)20(25)26/h3-4,11,13-14,20H,5-10,12,26H2,1-2H3,(H,29,31,32)(H,30,33,36)/t13-,14-,20+/m0/s1. The van der Waals surface area contributed by atoms with Gasteiger partial charge in [-0.15, -0.1) is 0 Å². The molecule has 0 saturated carbocycles. The van der Waals surface area contributed by atoms with Crippen molar-refractivity contribution in [1.82, 2.24) is 35.3 Å². The maximum absolute atomic E-state index is 11.4. The van der Waals surface area contributed by atoms with Gasteiger partial charge in [0.2, 0.25) is 5.82 Å². The fraction of sp³-hybridized carbons (Fsp3) is 0.520. The van der Waals surface area contributed by atoms with Gasteiger partial charge >= 0.3 is 5.76 Å². The van der Waals surface area contributed by atoms with Crippen LogP contribution in [-0.4, -0.2) is 73.7 Å². The molecular weight excluding hydrogens is 488 g/mol. The van der Waals surface area contributed by atoms with E-state index in [0.717, 1.165) is 68.5 Å². The van der Waals surface area contributed by atoms with Gasteiger partial charge in [-0.2, -0.15) is 5.10 Å². The van der Waals surface area contributed by atoms with Crippen LogP contribution in [0, 0.1) is 5.41 Å². The molecule has 3 aliphatic heterocycles. The smallest absolute Gasteiger partial charge is 0.376 e. The molecule has 0 bridgehead atoms. The summed E-state index contributed by atoms with van der Waals surface area (Å²) in [4.78, 5) is 32.8. The third-order valence-electron chi connectivity index (χ3n) is 8.55. The highest BCUT2D eigenvalue weighted by Gasteiger charge is 2.47. The first kappa shape index (κ1) is 23.3. The number of pyridine rings is 1. The fourth-order valence-corrected chi connectivity index (χ4v) is 6.11. The molecule has 0 aromatic carbocycles. The van der Waals surface area contributed by atoms with Crippen molar-refractivity contribution in [2.24, 2.45) is 11.1 Å². The Bertz CT molecular complexity index is 1550. The van der Waals surface area contributed by atoms with Crippen LogP contribution in [-0.2, 0) is 4.74 Å². The van der Waals surface area contributed by atoms with Crippen molar-refractivity contribution in [3.63, 3.8) is 0 Å². The molecule has 198 valence electrons. The molecular formula is C25H30N10O3. The maximum atomic E-state index is 11.4. The van der Waals surface area contributed by atoms with E-state index in [4.69, 9.17) is 25.4 Å². The number of H-pyrrole nitrogens is 2. The largest absolute Gasteiger partial charge is 0.439 e. The Hall–Kier alpha value is -3.84. The monoisotopic (exact) mass is 518 g/mol. The van der Waals surface area contributed by atoms with E-state index in [2.05, 4.69) is 48.5 Å². The number of piperidine rings is 1. The zero-order chi connectivity index (χ0) is 26.0. The summed E-state index contributed by atoms with van der Waals surface area (Å²) >= 11 is 0. The van der Waals surface area contributed by atoms with Gasteiger partial charge in [0.1, 0.15) is 11.5 Å². The van der Waals surface area contributed by atoms with Crippen molar-refractivity contribution in [3.05, 3.63) is 34.6 Å². The number of hydrogen-bond donors (Lipinski definition) is 3. The second-order valence-electron chi connectivity index (χ2n) is 10.7. The predicted molar refractivity (Wildman–Crippen MR) is 139 cm³/mol. The Balaban J connectivity index is 1.16. The maximum Gasteiger partial charge on any atom is 0.439 e. The van der Waals surface area contributed by atoms with Gasteiger partial charge in [-0.1, -0.05) is 12.1 Å². The van der Waals surface area contributed by atoms with E-state index in [0.29, 0.717) is 22.7 Å². The molecule has 0 radical (unpaired) electrons. The molecule has 4 aromatic heterocycles. The van der Waals surface area contributed by atoms with Crippen molar-refractivity contribution < 1.29 is 9.26 Å². The summed E-state index contributed by atoms with van der Waals surface area (Å²) < 4.78 is 10.5. The Labute approximate surface area is 217 Å². The topological polar surface area (TPSA) is 168 Å². The zero-order valence-electron chi connectivity index (χ0n) is 21.3. The average molecular weight is 519 g/mol. The summed E-state index contributed by atoms with van der Waals surface area (Å²) in [6.07, 6.45) is 4.79. The number of rotatable bonds is 3. The molecule has 2 fully saturated rings. The van der Waals surface area contributed by atoms with Crippen molar-refractivity contribution in [3.8, 4) is 11.5 Å². The van der Waals surface area contributed by atoms with Gasteiger partial charge in [-0.05, 0) is 38.3 Å². The lowest BCUT2D eigenvalue weighted by Gasteiger charge is -2.41. The Kier molecular flexibility index (Phi) is 5.27. The third-order valence-corrected chi connectivity index (χ3v) is 8.55. The molecule has 7 rings (SSSR count). The first-order valence-electron chi connectivity index (χ1n) is 13.1. The van der Waals surface area contributed by atoms with E-state index < -0.39 is 5.76 Å². The lowest BCUT2D eigenvalue weighted by Crippen LogP contribution is -2.50. The van der Waals surface area contributed by atoms with E-state index in [1.807, 2.05) is 18.3 Å². The summed E-state index contributed by atoms with van der Waals surface area (Å²) in [6, 6.07) is 3.87. The second kappa shape index (κ2) is 8.60. The van der Waals surface area contributed by atoms with E-state index in [9.17, 15) is 4.79 Å². The van der Waals surface area contributed by atoms with Crippen LogP contribution >= 0.6 is 0 Å². The molecule has 4 N–H and O–H groups in total. The SMILES string of the molecule is C[C@@H]1OCC2(CCN(c3cnc4c(N5CC[C@H](C)c6nc(-c7noc(=O)[nH]7)ccc65)n[nH]c4n3)CC2)[C@@H]1N. The van der Waals surface area contributed by atoms with E-state index in [1.54, 1.807) is 0 Å². The van der Waals surface area contributed by atoms with Gasteiger partial charge in [0.05, 0.1) is 30.3 Å². The molecule has 38 heavy (non-hydrogen) atoms. The molecule has 7 heterocycles. The summed E-state index contributed by atoms with van der Waals surface area (Å²) in [6.45, 7) is 7.45. The molecule has 4 aromatic rings. The molecule has 3 aliphatic rings. The van der Waals surface area contributed by atoms with E-state index in [1.165, 1.54) is 0 Å². The molecule has 1 spiro atoms. The molecule has 0 aliphatic carbocycles. The van der Waals surface area contributed by atoms with Crippen molar-refractivity contribution in [2.45, 2.75) is 51.2 Å². The minimum absolute atomic E-state index is 0.0598. The number of nitrogens with two attached hydrogens (primary N) is 1. The van der Waals surface area contributed by atoms with Crippen LogP contribution in [0.3, 0.4) is 0 Å². The molecule has 13 nitrogen and oxygen atoms in total. The number of ether oxygens (including phenoxy) is 1. The summed E-state index contributed by atoms with van der Waals surface area (Å²) in [7, 11) is 0. The van der Waals surface area contributed by atoms with Crippen LogP contribution in [0.15, 0.2) is 27.6 Å². The van der Waals surface area contributed by atoms with Crippen molar-refractivity contribution in [2.75, 3.05) is 36.0 Å². The molecule has 13 heteroatoms. The first-order chi connectivity index (χ1) is 18.4. The number of hydrogen-bond acceptors (Lipinski definition) is 11. The number of aromatic amines is 2. The Morgan fingerprint density at radius 2 is 2.00 bits per heavy atom. The number of aromatic nitrogens is 7. The number of fused-ring (bicyclic) bond motifs is 2. The van der Waals surface area contributed by atoms with Crippen molar-refractivity contribution >= 4 is 28.5 Å². The lowest BCUT2D eigenvalue weighted by molar-refractivity contribution is 0.0974. The van der Waals surface area contributed by atoms with Crippen LogP contribution < -0.4 is 21.3 Å². The normalized spacial score (nSPS) is 24.9. The highest BCUT2D eigenvalue weighted by molar-refractivity contribution is 5.88. The van der Waals surface area contributed by atoms with E-state index in [-0.39, 0.29) is 23.5 Å². The van der Waals surface area contributed by atoms with Gasteiger partial charge in [0.15, 0.2) is 17.0 Å². The van der Waals surface area contributed by atoms with Gasteiger partial charge in [-0.3, -0.25) is 14.6 Å². The van der Waals surface area contributed by atoms with E-state index >= 15 is 0 Å². The van der Waals surface area contributed by atoms with Crippen LogP contribution in [0.4, 0.5) is 17.3 Å². The lowest BCUT2D eigenvalue weighted by atomic mass is 9.73. The third kappa shape index (κ3) is 3.60. The second-order valence-corrected chi connectivity index (χ2v) is 10.7. The number of anilines is 3. The van der Waals surface area contributed by atoms with Gasteiger partial charge < -0.3 is 20.3 Å². The van der Waals surface area contributed by atoms with Gasteiger partial charge in [0, 0.05) is 37.0 Å². The quantitative estimate of drug-likeness (QED) is 0.363. The Morgan fingerprint density at radius 1 is 1.16 bits per heavy atom. The van der Waals surface area contributed by atoms with Gasteiger partial charge in [0.25, 0.3) is 0 Å². The Morgan fingerprint density at radius 3 is 2.74 bits per heavy atom. The van der Waals surface area contributed by atoms with Crippen molar-refractivity contribution in [1.29, 1.82) is 0 Å². The van der Waals surface area contributed by atoms with Crippen LogP contribution in [0.25, 0.3) is 22.7 Å². The average Bonchev–Trinajstić information content (AvgIpc) is 3.64. The number of nitrogens with one attached hydrogen (secondary N) is 2. The molecule has 3 atom stereocenters. The summed E-state index contributed by atoms with van der Waals surface area (Å²) in [5.41, 5.74) is 10.3.